The van der Waals surface area contributed by atoms with Crippen molar-refractivity contribution in [3.63, 3.8) is 0 Å². The van der Waals surface area contributed by atoms with Crippen molar-refractivity contribution in [1.82, 2.24) is 20.2 Å². The molecule has 1 heterocycles. The summed E-state index contributed by atoms with van der Waals surface area (Å²) in [6.45, 7) is 0. The fourth-order valence-corrected chi connectivity index (χ4v) is 1.56. The van der Waals surface area contributed by atoms with Crippen LogP contribution < -0.4 is 5.73 Å². The monoisotopic (exact) mass is 273 g/mol. The van der Waals surface area contributed by atoms with Crippen molar-refractivity contribution in [3.8, 4) is 5.69 Å². The van der Waals surface area contributed by atoms with Gasteiger partial charge in [0.2, 0.25) is 5.95 Å². The van der Waals surface area contributed by atoms with Crippen LogP contribution in [-0.4, -0.2) is 20.2 Å². The van der Waals surface area contributed by atoms with Gasteiger partial charge in [-0.05, 0) is 28.6 Å². The first kappa shape index (κ1) is 9.42. The molecule has 0 aliphatic carbocycles. The van der Waals surface area contributed by atoms with Crippen molar-refractivity contribution in [1.29, 1.82) is 0 Å². The highest BCUT2D eigenvalue weighted by Gasteiger charge is 2.08. The molecule has 0 atom stereocenters. The van der Waals surface area contributed by atoms with Crippen molar-refractivity contribution in [3.05, 3.63) is 27.7 Å². The maximum atomic E-state index is 5.97. The Hall–Kier alpha value is -1.14. The highest BCUT2D eigenvalue weighted by atomic mass is 79.9. The minimum atomic E-state index is 0.199. The van der Waals surface area contributed by atoms with E-state index in [-0.39, 0.29) is 5.95 Å². The highest BCUT2D eigenvalue weighted by Crippen LogP contribution is 2.24. The van der Waals surface area contributed by atoms with Gasteiger partial charge in [-0.2, -0.15) is 4.68 Å². The zero-order valence-electron chi connectivity index (χ0n) is 6.85. The van der Waals surface area contributed by atoms with E-state index in [2.05, 4.69) is 31.5 Å². The molecule has 5 nitrogen and oxygen atoms in total. The molecule has 0 spiro atoms. The molecule has 14 heavy (non-hydrogen) atoms. The van der Waals surface area contributed by atoms with Crippen molar-refractivity contribution in [2.45, 2.75) is 0 Å². The van der Waals surface area contributed by atoms with Crippen LogP contribution in [0, 0.1) is 0 Å². The lowest BCUT2D eigenvalue weighted by atomic mass is 10.3. The van der Waals surface area contributed by atoms with Crippen LogP contribution in [0.4, 0.5) is 5.95 Å². The Morgan fingerprint density at radius 1 is 1.43 bits per heavy atom. The highest BCUT2D eigenvalue weighted by molar-refractivity contribution is 9.10. The number of nitrogens with two attached hydrogens (primary N) is 1. The van der Waals surface area contributed by atoms with Gasteiger partial charge in [-0.15, -0.1) is 0 Å². The molecule has 2 N–H and O–H groups in total. The number of tetrazole rings is 1. The first-order chi connectivity index (χ1) is 6.68. The lowest BCUT2D eigenvalue weighted by molar-refractivity contribution is 0.792. The molecule has 0 unspecified atom stereocenters. The number of aromatic nitrogens is 4. The van der Waals surface area contributed by atoms with E-state index >= 15 is 0 Å². The number of benzene rings is 1. The van der Waals surface area contributed by atoms with Crippen LogP contribution in [0.3, 0.4) is 0 Å². The Kier molecular flexibility index (Phi) is 2.39. The molecular weight excluding hydrogens is 269 g/mol. The van der Waals surface area contributed by atoms with Gasteiger partial charge in [-0.3, -0.25) is 0 Å². The van der Waals surface area contributed by atoms with E-state index in [4.69, 9.17) is 17.3 Å². The maximum Gasteiger partial charge on any atom is 0.245 e. The molecule has 0 bridgehead atoms. The molecule has 0 saturated heterocycles. The Morgan fingerprint density at radius 2 is 2.21 bits per heavy atom. The van der Waals surface area contributed by atoms with Gasteiger partial charge in [0, 0.05) is 4.47 Å². The fourth-order valence-electron chi connectivity index (χ4n) is 1.01. The van der Waals surface area contributed by atoms with Gasteiger partial charge in [-0.1, -0.05) is 32.6 Å². The van der Waals surface area contributed by atoms with Gasteiger partial charge in [-0.25, -0.2) is 0 Å². The first-order valence-corrected chi connectivity index (χ1v) is 4.85. The SMILES string of the molecule is Nc1nnnn1-c1cc(Br)ccc1Cl. The van der Waals surface area contributed by atoms with Gasteiger partial charge in [0.05, 0.1) is 10.7 Å². The number of rotatable bonds is 1. The zero-order valence-corrected chi connectivity index (χ0v) is 9.20. The molecule has 0 aliphatic heterocycles. The molecule has 0 radical (unpaired) electrons. The van der Waals surface area contributed by atoms with Crippen LogP contribution >= 0.6 is 27.5 Å². The van der Waals surface area contributed by atoms with E-state index < -0.39 is 0 Å². The standard InChI is InChI=1S/C7H5BrClN5/c8-4-1-2-5(9)6(3-4)14-7(10)11-12-13-14/h1-3H,(H2,10,11,13). The lowest BCUT2D eigenvalue weighted by Gasteiger charge is -2.03. The quantitative estimate of drug-likeness (QED) is 0.858. The van der Waals surface area contributed by atoms with E-state index in [0.717, 1.165) is 4.47 Å². The summed E-state index contributed by atoms with van der Waals surface area (Å²) in [6.07, 6.45) is 0. The topological polar surface area (TPSA) is 69.6 Å². The number of halogens is 2. The third-order valence-electron chi connectivity index (χ3n) is 1.63. The van der Waals surface area contributed by atoms with E-state index in [9.17, 15) is 0 Å². The summed E-state index contributed by atoms with van der Waals surface area (Å²) in [5.41, 5.74) is 6.19. The molecule has 0 saturated carbocycles. The molecule has 0 aliphatic rings. The van der Waals surface area contributed by atoms with Crippen molar-refractivity contribution in [2.24, 2.45) is 0 Å². The Bertz CT molecular complexity index is 469. The van der Waals surface area contributed by atoms with Crippen LogP contribution in [-0.2, 0) is 0 Å². The van der Waals surface area contributed by atoms with Crippen molar-refractivity contribution >= 4 is 33.5 Å². The lowest BCUT2D eigenvalue weighted by Crippen LogP contribution is -2.03. The predicted molar refractivity (Wildman–Crippen MR) is 56.3 cm³/mol. The van der Waals surface area contributed by atoms with Gasteiger partial charge in [0.15, 0.2) is 0 Å². The second-order valence-corrected chi connectivity index (χ2v) is 3.87. The predicted octanol–water partition coefficient (Wildman–Crippen LogP) is 1.66. The van der Waals surface area contributed by atoms with Crippen molar-refractivity contribution < 1.29 is 0 Å². The maximum absolute atomic E-state index is 5.97. The molecule has 1 aromatic heterocycles. The van der Waals surface area contributed by atoms with Gasteiger partial charge in [0.1, 0.15) is 0 Å². The number of nitrogens with zero attached hydrogens (tertiary/aromatic N) is 4. The Labute approximate surface area is 93.0 Å². The smallest absolute Gasteiger partial charge is 0.245 e. The van der Waals surface area contributed by atoms with E-state index in [1.807, 2.05) is 6.07 Å². The van der Waals surface area contributed by atoms with Gasteiger partial charge in [0.25, 0.3) is 0 Å². The average molecular weight is 275 g/mol. The van der Waals surface area contributed by atoms with Crippen LogP contribution in [0.1, 0.15) is 0 Å². The molecule has 7 heteroatoms. The molecule has 1 aromatic carbocycles. The van der Waals surface area contributed by atoms with Gasteiger partial charge < -0.3 is 5.73 Å². The van der Waals surface area contributed by atoms with E-state index in [1.165, 1.54) is 4.68 Å². The minimum Gasteiger partial charge on any atom is -0.366 e. The molecule has 0 fully saturated rings. The molecule has 2 aromatic rings. The summed E-state index contributed by atoms with van der Waals surface area (Å²) in [4.78, 5) is 0. The molecule has 0 amide bonds. The summed E-state index contributed by atoms with van der Waals surface area (Å²) >= 11 is 9.29. The van der Waals surface area contributed by atoms with Gasteiger partial charge >= 0.3 is 0 Å². The molecular formula is C7H5BrClN5. The second-order valence-electron chi connectivity index (χ2n) is 2.54. The molecule has 2 rings (SSSR count). The normalized spacial score (nSPS) is 10.4. The average Bonchev–Trinajstić information content (AvgIpc) is 2.56. The number of hydrogen-bond acceptors (Lipinski definition) is 4. The molecule has 72 valence electrons. The Balaban J connectivity index is 2.62. The number of anilines is 1. The number of hydrogen-bond donors (Lipinski definition) is 1. The third-order valence-corrected chi connectivity index (χ3v) is 2.44. The summed E-state index contributed by atoms with van der Waals surface area (Å²) in [6, 6.07) is 5.35. The van der Waals surface area contributed by atoms with Crippen LogP contribution in [0.15, 0.2) is 22.7 Å². The fraction of sp³-hybridized carbons (Fsp3) is 0. The zero-order chi connectivity index (χ0) is 10.1. The van der Waals surface area contributed by atoms with Crippen LogP contribution in [0.5, 0.6) is 0 Å². The number of nitrogen functional groups attached to an aromatic ring is 1. The second kappa shape index (κ2) is 3.55. The summed E-state index contributed by atoms with van der Waals surface area (Å²) in [5, 5.41) is 11.3. The van der Waals surface area contributed by atoms with E-state index in [1.54, 1.807) is 12.1 Å². The summed E-state index contributed by atoms with van der Waals surface area (Å²) in [7, 11) is 0. The largest absolute Gasteiger partial charge is 0.366 e. The van der Waals surface area contributed by atoms with Crippen molar-refractivity contribution in [2.75, 3.05) is 5.73 Å². The van der Waals surface area contributed by atoms with E-state index in [0.29, 0.717) is 10.7 Å². The summed E-state index contributed by atoms with van der Waals surface area (Å²) in [5.74, 6) is 0.199. The third kappa shape index (κ3) is 1.58. The van der Waals surface area contributed by atoms with Crippen LogP contribution in [0.25, 0.3) is 5.69 Å². The minimum absolute atomic E-state index is 0.199. The van der Waals surface area contributed by atoms with Crippen LogP contribution in [0.2, 0.25) is 5.02 Å². The Morgan fingerprint density at radius 3 is 2.86 bits per heavy atom. The first-order valence-electron chi connectivity index (χ1n) is 3.68. The summed E-state index contributed by atoms with van der Waals surface area (Å²) < 4.78 is 2.25.